The maximum absolute atomic E-state index is 11.4. The van der Waals surface area contributed by atoms with E-state index in [-0.39, 0.29) is 5.91 Å². The van der Waals surface area contributed by atoms with Gasteiger partial charge in [0.1, 0.15) is 0 Å². The van der Waals surface area contributed by atoms with Gasteiger partial charge in [-0.2, -0.15) is 4.99 Å². The fraction of sp³-hybridized carbons (Fsp3) is 0.294. The first-order chi connectivity index (χ1) is 10.8. The molecule has 0 saturated heterocycles. The number of aromatic nitrogens is 2. The molecule has 0 fully saturated rings. The van der Waals surface area contributed by atoms with E-state index in [2.05, 4.69) is 25.6 Å². The zero-order valence-corrected chi connectivity index (χ0v) is 14.1. The number of amides is 1. The van der Waals surface area contributed by atoms with Crippen LogP contribution in [0.4, 0.5) is 11.6 Å². The molecule has 1 heterocycles. The molecule has 0 aliphatic carbocycles. The van der Waals surface area contributed by atoms with Gasteiger partial charge in [-0.05, 0) is 57.0 Å². The molecule has 6 heteroatoms. The van der Waals surface area contributed by atoms with E-state index in [0.717, 1.165) is 22.6 Å². The number of carbonyl (C=O) groups is 1. The van der Waals surface area contributed by atoms with Crippen LogP contribution in [0.3, 0.4) is 0 Å². The van der Waals surface area contributed by atoms with Crippen molar-refractivity contribution in [3.63, 3.8) is 0 Å². The van der Waals surface area contributed by atoms with Crippen molar-refractivity contribution in [2.75, 3.05) is 5.32 Å². The van der Waals surface area contributed by atoms with Gasteiger partial charge in [0.25, 0.3) is 5.95 Å². The lowest BCUT2D eigenvalue weighted by atomic mass is 10.1. The fourth-order valence-electron chi connectivity index (χ4n) is 2.07. The van der Waals surface area contributed by atoms with E-state index < -0.39 is 0 Å². The van der Waals surface area contributed by atoms with Crippen LogP contribution in [0.25, 0.3) is 0 Å². The molecule has 0 atom stereocenters. The molecule has 0 spiro atoms. The lowest BCUT2D eigenvalue weighted by molar-refractivity contribution is -0.117. The molecule has 0 bridgehead atoms. The number of carbonyl (C=O) groups excluding carboxylic acids is 1. The lowest BCUT2D eigenvalue weighted by Crippen LogP contribution is -2.34. The predicted molar refractivity (Wildman–Crippen MR) is 92.0 cm³/mol. The van der Waals surface area contributed by atoms with Gasteiger partial charge in [0, 0.05) is 24.0 Å². The lowest BCUT2D eigenvalue weighted by Gasteiger charge is -2.11. The van der Waals surface area contributed by atoms with Gasteiger partial charge >= 0.3 is 0 Å². The van der Waals surface area contributed by atoms with Crippen molar-refractivity contribution in [3.05, 3.63) is 46.8 Å². The van der Waals surface area contributed by atoms with Crippen LogP contribution in [0.5, 0.6) is 0 Å². The summed E-state index contributed by atoms with van der Waals surface area (Å²) in [6.07, 6.45) is 0. The Kier molecular flexibility index (Phi) is 5.05. The molecule has 0 aliphatic rings. The van der Waals surface area contributed by atoms with Crippen LogP contribution < -0.4 is 10.6 Å². The molecule has 1 aromatic heterocycles. The van der Waals surface area contributed by atoms with E-state index in [1.54, 1.807) is 0 Å². The first-order valence-electron chi connectivity index (χ1n) is 7.36. The summed E-state index contributed by atoms with van der Waals surface area (Å²) in [5.74, 6) is 0.387. The molecular formula is C17H21N5O. The summed E-state index contributed by atoms with van der Waals surface area (Å²) >= 11 is 0. The molecule has 1 aromatic carbocycles. The topological polar surface area (TPSA) is 79.3 Å². The molecule has 1 amide bonds. The molecule has 0 saturated carbocycles. The van der Waals surface area contributed by atoms with E-state index in [1.165, 1.54) is 12.5 Å². The van der Waals surface area contributed by atoms with Crippen molar-refractivity contribution in [3.8, 4) is 0 Å². The normalized spacial score (nSPS) is 11.3. The van der Waals surface area contributed by atoms with Crippen LogP contribution in [0.1, 0.15) is 29.4 Å². The number of guanidine groups is 1. The zero-order chi connectivity index (χ0) is 17.0. The van der Waals surface area contributed by atoms with Gasteiger partial charge in [-0.1, -0.05) is 6.07 Å². The van der Waals surface area contributed by atoms with Gasteiger partial charge < -0.3 is 5.32 Å². The van der Waals surface area contributed by atoms with Crippen LogP contribution in [0.15, 0.2) is 29.3 Å². The molecule has 0 unspecified atom stereocenters. The number of hydrogen-bond acceptors (Lipinski definition) is 4. The van der Waals surface area contributed by atoms with E-state index in [4.69, 9.17) is 0 Å². The highest BCUT2D eigenvalue weighted by Gasteiger charge is 2.06. The minimum Gasteiger partial charge on any atom is -0.326 e. The summed E-state index contributed by atoms with van der Waals surface area (Å²) in [5.41, 5.74) is 4.84. The van der Waals surface area contributed by atoms with Gasteiger partial charge in [0.05, 0.1) is 0 Å². The maximum Gasteiger partial charge on any atom is 0.253 e. The standard InChI is InChI=1S/C17H21N5O/c1-10-6-7-15(8-11(10)2)21-17(20-14(5)23)22-16-18-12(3)9-13(4)19-16/h6-9H,1-5H3,(H2,18,19,20,21,22,23). The Labute approximate surface area is 136 Å². The van der Waals surface area contributed by atoms with Crippen molar-refractivity contribution in [2.24, 2.45) is 4.99 Å². The van der Waals surface area contributed by atoms with Crippen molar-refractivity contribution in [1.82, 2.24) is 15.3 Å². The molecule has 0 radical (unpaired) electrons. The summed E-state index contributed by atoms with van der Waals surface area (Å²) in [6, 6.07) is 7.81. The number of benzene rings is 1. The number of hydrogen-bond donors (Lipinski definition) is 2. The second-order valence-electron chi connectivity index (χ2n) is 5.52. The molecule has 6 nitrogen and oxygen atoms in total. The van der Waals surface area contributed by atoms with Gasteiger partial charge in [-0.15, -0.1) is 0 Å². The second kappa shape index (κ2) is 7.00. The Balaban J connectivity index is 2.33. The van der Waals surface area contributed by atoms with Crippen LogP contribution in [-0.2, 0) is 4.79 Å². The molecule has 2 rings (SSSR count). The third kappa shape index (κ3) is 4.88. The van der Waals surface area contributed by atoms with Crippen molar-refractivity contribution >= 4 is 23.5 Å². The number of rotatable bonds is 2. The molecule has 0 aliphatic heterocycles. The first kappa shape index (κ1) is 16.6. The number of aryl methyl sites for hydroxylation is 4. The summed E-state index contributed by atoms with van der Waals surface area (Å²) in [5, 5.41) is 5.77. The molecule has 120 valence electrons. The van der Waals surface area contributed by atoms with E-state index >= 15 is 0 Å². The largest absolute Gasteiger partial charge is 0.326 e. The monoisotopic (exact) mass is 311 g/mol. The highest BCUT2D eigenvalue weighted by Crippen LogP contribution is 2.15. The van der Waals surface area contributed by atoms with Crippen molar-refractivity contribution in [2.45, 2.75) is 34.6 Å². The van der Waals surface area contributed by atoms with Crippen LogP contribution >= 0.6 is 0 Å². The average molecular weight is 311 g/mol. The zero-order valence-electron chi connectivity index (χ0n) is 14.1. The third-order valence-corrected chi connectivity index (χ3v) is 3.25. The summed E-state index contributed by atoms with van der Waals surface area (Å²) in [7, 11) is 0. The average Bonchev–Trinajstić information content (AvgIpc) is 2.41. The minimum atomic E-state index is -0.218. The first-order valence-corrected chi connectivity index (χ1v) is 7.36. The van der Waals surface area contributed by atoms with Gasteiger partial charge in [0.15, 0.2) is 0 Å². The van der Waals surface area contributed by atoms with E-state index in [9.17, 15) is 4.79 Å². The van der Waals surface area contributed by atoms with Crippen LogP contribution in [0, 0.1) is 27.7 Å². The molecule has 2 N–H and O–H groups in total. The summed E-state index contributed by atoms with van der Waals surface area (Å²) in [4.78, 5) is 24.3. The van der Waals surface area contributed by atoms with Crippen molar-refractivity contribution < 1.29 is 4.79 Å². The quantitative estimate of drug-likeness (QED) is 0.660. The Morgan fingerprint density at radius 1 is 1.00 bits per heavy atom. The van der Waals surface area contributed by atoms with Gasteiger partial charge in [-0.25, -0.2) is 9.97 Å². The van der Waals surface area contributed by atoms with Gasteiger partial charge in [0.2, 0.25) is 11.9 Å². The Morgan fingerprint density at radius 3 is 2.22 bits per heavy atom. The van der Waals surface area contributed by atoms with Crippen LogP contribution in [-0.4, -0.2) is 21.8 Å². The highest BCUT2D eigenvalue weighted by molar-refractivity contribution is 6.04. The summed E-state index contributed by atoms with van der Waals surface area (Å²) in [6.45, 7) is 9.26. The minimum absolute atomic E-state index is 0.218. The molecule has 2 aromatic rings. The SMILES string of the molecule is CC(=O)NC(=Nc1nc(C)cc(C)n1)Nc1ccc(C)c(C)c1. The van der Waals surface area contributed by atoms with E-state index in [0.29, 0.717) is 11.9 Å². The van der Waals surface area contributed by atoms with Crippen LogP contribution in [0.2, 0.25) is 0 Å². The number of nitrogens with zero attached hydrogens (tertiary/aromatic N) is 3. The third-order valence-electron chi connectivity index (χ3n) is 3.25. The number of anilines is 1. The predicted octanol–water partition coefficient (Wildman–Crippen LogP) is 2.95. The number of aliphatic imine (C=N–C) groups is 1. The smallest absolute Gasteiger partial charge is 0.253 e. The Bertz CT molecular complexity index is 747. The number of nitrogens with one attached hydrogen (secondary N) is 2. The Morgan fingerprint density at radius 2 is 1.65 bits per heavy atom. The summed E-state index contributed by atoms with van der Waals surface area (Å²) < 4.78 is 0. The van der Waals surface area contributed by atoms with E-state index in [1.807, 2.05) is 52.0 Å². The van der Waals surface area contributed by atoms with Crippen molar-refractivity contribution in [1.29, 1.82) is 0 Å². The molecule has 23 heavy (non-hydrogen) atoms. The highest BCUT2D eigenvalue weighted by atomic mass is 16.1. The Hall–Kier alpha value is -2.76. The molecular weight excluding hydrogens is 290 g/mol. The fourth-order valence-corrected chi connectivity index (χ4v) is 2.07. The van der Waals surface area contributed by atoms with Gasteiger partial charge in [-0.3, -0.25) is 10.1 Å². The second-order valence-corrected chi connectivity index (χ2v) is 5.52. The maximum atomic E-state index is 11.4.